The number of carbonyl (C=O) groups is 3. The third kappa shape index (κ3) is 3.73. The number of anilines is 1. The van der Waals surface area contributed by atoms with Gasteiger partial charge in [-0.25, -0.2) is 0 Å². The van der Waals surface area contributed by atoms with Crippen LogP contribution >= 0.6 is 0 Å². The molecule has 0 aliphatic heterocycles. The van der Waals surface area contributed by atoms with Crippen LogP contribution in [0.2, 0.25) is 0 Å². The number of hydrogen-bond donors (Lipinski definition) is 5. The number of phenolic OH excluding ortho intramolecular Hbond substituents is 1. The zero-order valence-corrected chi connectivity index (χ0v) is 22.0. The molecule has 1 fully saturated rings. The summed E-state index contributed by atoms with van der Waals surface area (Å²) in [4.78, 5) is 42.6. The summed E-state index contributed by atoms with van der Waals surface area (Å²) in [5, 5.41) is 45.3. The Morgan fingerprint density at radius 2 is 1.78 bits per heavy atom. The first kappa shape index (κ1) is 26.7. The van der Waals surface area contributed by atoms with E-state index in [-0.39, 0.29) is 35.6 Å². The SMILES string of the molecule is CC(C)Cc1cc(N(C)C)c2c(c1O)C(O)=C1C(=O)[C@@]3(O)C(O)=C(C(N)=O)C(=O)[C@H](N(C)C)[C@H]3C[C@H]1C2. The number of aliphatic hydroxyl groups is 3. The van der Waals surface area contributed by atoms with Gasteiger partial charge in [-0.1, -0.05) is 13.8 Å². The molecule has 200 valence electrons. The molecular formula is C27H35N3O7. The number of Topliss-reactive ketones (excluding diaryl/α,β-unsaturated/α-hetero) is 2. The van der Waals surface area contributed by atoms with E-state index in [0.717, 1.165) is 5.69 Å². The first-order valence-corrected chi connectivity index (χ1v) is 12.3. The van der Waals surface area contributed by atoms with Gasteiger partial charge < -0.3 is 31.1 Å². The number of likely N-dealkylation sites (N-methyl/N-ethyl adjacent to an activating group) is 1. The van der Waals surface area contributed by atoms with Crippen LogP contribution in [0.15, 0.2) is 23.0 Å². The summed E-state index contributed by atoms with van der Waals surface area (Å²) in [6.07, 6.45) is 0.856. The van der Waals surface area contributed by atoms with Gasteiger partial charge in [0.15, 0.2) is 11.4 Å². The molecule has 0 aromatic heterocycles. The number of rotatable bonds is 5. The number of benzene rings is 1. The van der Waals surface area contributed by atoms with Crippen LogP contribution in [0.1, 0.15) is 37.0 Å². The smallest absolute Gasteiger partial charge is 0.255 e. The van der Waals surface area contributed by atoms with Gasteiger partial charge in [0.05, 0.1) is 11.6 Å². The van der Waals surface area contributed by atoms with Crippen LogP contribution in [-0.4, -0.2) is 82.6 Å². The zero-order valence-electron chi connectivity index (χ0n) is 22.0. The normalized spacial score (nSPS) is 27.4. The number of primary amides is 1. The maximum Gasteiger partial charge on any atom is 0.255 e. The van der Waals surface area contributed by atoms with Crippen molar-refractivity contribution in [1.29, 1.82) is 0 Å². The Morgan fingerprint density at radius 3 is 2.30 bits per heavy atom. The molecule has 10 heteroatoms. The first-order chi connectivity index (χ1) is 17.1. The van der Waals surface area contributed by atoms with Crippen molar-refractivity contribution in [2.24, 2.45) is 23.5 Å². The lowest BCUT2D eigenvalue weighted by Gasteiger charge is -2.50. The van der Waals surface area contributed by atoms with Crippen molar-refractivity contribution >= 4 is 28.9 Å². The molecule has 0 saturated heterocycles. The number of aromatic hydroxyl groups is 1. The molecule has 4 rings (SSSR count). The van der Waals surface area contributed by atoms with E-state index in [4.69, 9.17) is 5.73 Å². The monoisotopic (exact) mass is 513 g/mol. The van der Waals surface area contributed by atoms with E-state index in [1.165, 1.54) is 4.90 Å². The molecule has 1 amide bonds. The molecule has 0 bridgehead atoms. The Balaban J connectivity index is 2.00. The van der Waals surface area contributed by atoms with Crippen molar-refractivity contribution in [3.63, 3.8) is 0 Å². The van der Waals surface area contributed by atoms with Crippen molar-refractivity contribution in [3.05, 3.63) is 39.7 Å². The fraction of sp³-hybridized carbons (Fsp3) is 0.519. The van der Waals surface area contributed by atoms with Gasteiger partial charge in [-0.2, -0.15) is 0 Å². The summed E-state index contributed by atoms with van der Waals surface area (Å²) in [7, 11) is 6.85. The standard InChI is InChI=1S/C27H35N3O7/c1-11(2)7-13-10-16(29(3)4)14-8-12-9-15-20(30(5)6)23(33)19(26(28)36)25(35)27(15,37)24(34)17(12)22(32)18(14)21(13)31/h10-12,15,20,31-32,35,37H,7-9H2,1-6H3,(H2,28,36)/t12-,15-,20-,27-/m1/s1. The van der Waals surface area contributed by atoms with Crippen molar-refractivity contribution in [1.82, 2.24) is 4.90 Å². The van der Waals surface area contributed by atoms with Crippen molar-refractivity contribution in [2.45, 2.75) is 44.8 Å². The fourth-order valence-corrected chi connectivity index (χ4v) is 6.34. The largest absolute Gasteiger partial charge is 0.508 e. The predicted molar refractivity (Wildman–Crippen MR) is 137 cm³/mol. The van der Waals surface area contributed by atoms with Gasteiger partial charge in [0, 0.05) is 31.3 Å². The van der Waals surface area contributed by atoms with Gasteiger partial charge in [0.25, 0.3) is 5.91 Å². The van der Waals surface area contributed by atoms with Gasteiger partial charge in [-0.05, 0) is 62.4 Å². The highest BCUT2D eigenvalue weighted by Gasteiger charge is 2.64. The molecule has 1 saturated carbocycles. The molecule has 6 N–H and O–H groups in total. The van der Waals surface area contributed by atoms with E-state index < -0.39 is 58.0 Å². The van der Waals surface area contributed by atoms with Crippen LogP contribution in [0.25, 0.3) is 5.76 Å². The Bertz CT molecular complexity index is 1280. The highest BCUT2D eigenvalue weighted by Crippen LogP contribution is 2.54. The predicted octanol–water partition coefficient (Wildman–Crippen LogP) is 1.23. The number of ketones is 2. The van der Waals surface area contributed by atoms with E-state index in [2.05, 4.69) is 0 Å². The quantitative estimate of drug-likeness (QED) is 0.364. The van der Waals surface area contributed by atoms with E-state index in [9.17, 15) is 34.8 Å². The summed E-state index contributed by atoms with van der Waals surface area (Å²) in [6, 6.07) is 0.779. The van der Waals surface area contributed by atoms with Crippen molar-refractivity contribution < 1.29 is 34.8 Å². The molecule has 3 aliphatic carbocycles. The molecule has 1 aromatic rings. The highest BCUT2D eigenvalue weighted by molar-refractivity contribution is 6.24. The second-order valence-corrected chi connectivity index (χ2v) is 11.2. The second-order valence-electron chi connectivity index (χ2n) is 11.2. The summed E-state index contributed by atoms with van der Waals surface area (Å²) < 4.78 is 0. The number of nitrogens with zero attached hydrogens (tertiary/aromatic N) is 2. The molecule has 0 spiro atoms. The van der Waals surface area contributed by atoms with Crippen LogP contribution < -0.4 is 10.6 Å². The zero-order chi connectivity index (χ0) is 27.7. The van der Waals surface area contributed by atoms with Gasteiger partial charge in [0.2, 0.25) is 5.78 Å². The lowest BCUT2D eigenvalue weighted by atomic mass is 9.57. The number of hydrogen-bond acceptors (Lipinski definition) is 9. The average Bonchev–Trinajstić information content (AvgIpc) is 2.77. The van der Waals surface area contributed by atoms with Gasteiger partial charge in [0.1, 0.15) is 22.8 Å². The minimum atomic E-state index is -2.64. The Labute approximate surface area is 215 Å². The molecule has 0 unspecified atom stereocenters. The molecule has 4 atom stereocenters. The lowest BCUT2D eigenvalue weighted by molar-refractivity contribution is -0.153. The maximum atomic E-state index is 13.9. The summed E-state index contributed by atoms with van der Waals surface area (Å²) >= 11 is 0. The van der Waals surface area contributed by atoms with E-state index in [0.29, 0.717) is 17.5 Å². The summed E-state index contributed by atoms with van der Waals surface area (Å²) in [6.45, 7) is 4.00. The molecule has 0 heterocycles. The lowest BCUT2D eigenvalue weighted by Crippen LogP contribution is -2.65. The minimum Gasteiger partial charge on any atom is -0.508 e. The summed E-state index contributed by atoms with van der Waals surface area (Å²) in [5.74, 6) is -6.21. The second kappa shape index (κ2) is 8.88. The Kier molecular flexibility index (Phi) is 6.41. The number of carbonyl (C=O) groups excluding carboxylic acids is 3. The molecule has 1 aromatic carbocycles. The van der Waals surface area contributed by atoms with Crippen molar-refractivity contribution in [3.8, 4) is 5.75 Å². The van der Waals surface area contributed by atoms with E-state index in [1.807, 2.05) is 38.9 Å². The number of amides is 1. The van der Waals surface area contributed by atoms with Gasteiger partial charge in [-0.3, -0.25) is 19.3 Å². The maximum absolute atomic E-state index is 13.9. The highest BCUT2D eigenvalue weighted by atomic mass is 16.3. The van der Waals surface area contributed by atoms with Crippen LogP contribution in [0.5, 0.6) is 5.75 Å². The Morgan fingerprint density at radius 1 is 1.16 bits per heavy atom. The van der Waals surface area contributed by atoms with Crippen LogP contribution in [0, 0.1) is 17.8 Å². The van der Waals surface area contributed by atoms with Crippen LogP contribution in [0.3, 0.4) is 0 Å². The Hall–Kier alpha value is -3.37. The molecule has 10 nitrogen and oxygen atoms in total. The number of phenols is 1. The average molecular weight is 514 g/mol. The van der Waals surface area contributed by atoms with Crippen molar-refractivity contribution in [2.75, 3.05) is 33.1 Å². The minimum absolute atomic E-state index is 0.0626. The third-order valence-electron chi connectivity index (χ3n) is 7.89. The molecular weight excluding hydrogens is 478 g/mol. The summed E-state index contributed by atoms with van der Waals surface area (Å²) in [5.41, 5.74) is 3.93. The van der Waals surface area contributed by atoms with Gasteiger partial charge >= 0.3 is 0 Å². The van der Waals surface area contributed by atoms with Crippen LogP contribution in [-0.2, 0) is 27.2 Å². The van der Waals surface area contributed by atoms with E-state index in [1.54, 1.807) is 14.1 Å². The molecule has 0 radical (unpaired) electrons. The van der Waals surface area contributed by atoms with Crippen LogP contribution in [0.4, 0.5) is 5.69 Å². The number of aliphatic hydroxyl groups excluding tert-OH is 2. The topological polar surface area (TPSA) is 165 Å². The third-order valence-corrected chi connectivity index (χ3v) is 7.89. The van der Waals surface area contributed by atoms with Gasteiger partial charge in [-0.15, -0.1) is 0 Å². The molecule has 37 heavy (non-hydrogen) atoms. The number of fused-ring (bicyclic) bond motifs is 3. The first-order valence-electron chi connectivity index (χ1n) is 12.3. The van der Waals surface area contributed by atoms with E-state index >= 15 is 0 Å². The number of nitrogens with two attached hydrogens (primary N) is 1. The molecule has 3 aliphatic rings. The fourth-order valence-electron chi connectivity index (χ4n) is 6.34.